The quantitative estimate of drug-likeness (QED) is 0.348. The molecule has 0 saturated heterocycles. The Hall–Kier alpha value is -3.51. The molecule has 0 bridgehead atoms. The van der Waals surface area contributed by atoms with Gasteiger partial charge < -0.3 is 10.1 Å². The Morgan fingerprint density at radius 1 is 0.966 bits per heavy atom. The lowest BCUT2D eigenvalue weighted by Gasteiger charge is -2.09. The number of amides is 1. The van der Waals surface area contributed by atoms with Gasteiger partial charge in [0.1, 0.15) is 0 Å². The average molecular weight is 405 g/mol. The minimum atomic E-state index is -0.406. The molecule has 0 aliphatic carbocycles. The number of hydrogen-bond donors (Lipinski definition) is 1. The van der Waals surface area contributed by atoms with E-state index in [1.807, 2.05) is 5.38 Å². The Bertz CT molecular complexity index is 1040. The predicted molar refractivity (Wildman–Crippen MR) is 114 cm³/mol. The summed E-state index contributed by atoms with van der Waals surface area (Å²) in [6.45, 7) is 2.07. The molecule has 146 valence electrons. The largest absolute Gasteiger partial charge is 0.463 e. The maximum atomic E-state index is 12.7. The summed E-state index contributed by atoms with van der Waals surface area (Å²) >= 11 is 1.34. The molecule has 1 heterocycles. The standard InChI is InChI=1S/C23H19NO4S/c1-2-28-21(25)14-11-16-9-12-17(13-10-16)24-23(27)19-7-4-3-6-18(19)22(26)20-8-5-15-29-20/h3-15H,2H2,1H3,(H,24,27)/b14-11+. The second-order valence-corrected chi connectivity index (χ2v) is 6.96. The molecule has 0 radical (unpaired) electrons. The fourth-order valence-electron chi connectivity index (χ4n) is 2.65. The van der Waals surface area contributed by atoms with E-state index >= 15 is 0 Å². The van der Waals surface area contributed by atoms with Crippen LogP contribution in [0.5, 0.6) is 0 Å². The molecule has 3 rings (SSSR count). The maximum absolute atomic E-state index is 12.7. The number of benzene rings is 2. The summed E-state index contributed by atoms with van der Waals surface area (Å²) in [6.07, 6.45) is 2.99. The number of esters is 1. The van der Waals surface area contributed by atoms with Gasteiger partial charge in [-0.2, -0.15) is 0 Å². The van der Waals surface area contributed by atoms with Gasteiger partial charge in [0.15, 0.2) is 0 Å². The summed E-state index contributed by atoms with van der Waals surface area (Å²) in [5, 5.41) is 4.63. The first-order chi connectivity index (χ1) is 14.1. The SMILES string of the molecule is CCOC(=O)/C=C/c1ccc(NC(=O)c2ccccc2C(=O)c2cccs2)cc1. The highest BCUT2D eigenvalue weighted by Gasteiger charge is 2.18. The molecule has 2 aromatic carbocycles. The molecule has 0 unspecified atom stereocenters. The molecule has 1 amide bonds. The number of thiophene rings is 1. The second kappa shape index (κ2) is 9.61. The Morgan fingerprint density at radius 2 is 1.69 bits per heavy atom. The summed E-state index contributed by atoms with van der Waals surface area (Å²) in [6, 6.07) is 17.3. The van der Waals surface area contributed by atoms with Crippen molar-refractivity contribution in [3.8, 4) is 0 Å². The molecule has 0 aliphatic heterocycles. The normalized spacial score (nSPS) is 10.7. The van der Waals surface area contributed by atoms with E-state index in [9.17, 15) is 14.4 Å². The molecule has 29 heavy (non-hydrogen) atoms. The van der Waals surface area contributed by atoms with Crippen molar-refractivity contribution in [3.05, 3.63) is 93.7 Å². The van der Waals surface area contributed by atoms with E-state index in [-0.39, 0.29) is 11.7 Å². The van der Waals surface area contributed by atoms with Crippen molar-refractivity contribution >= 4 is 40.8 Å². The number of rotatable bonds is 7. The molecule has 0 aliphatic rings. The van der Waals surface area contributed by atoms with Gasteiger partial charge >= 0.3 is 5.97 Å². The number of hydrogen-bond acceptors (Lipinski definition) is 5. The molecule has 0 saturated carbocycles. The molecule has 3 aromatic rings. The third kappa shape index (κ3) is 5.27. The van der Waals surface area contributed by atoms with E-state index in [0.29, 0.717) is 28.3 Å². The van der Waals surface area contributed by atoms with E-state index < -0.39 is 5.97 Å². The average Bonchev–Trinajstić information content (AvgIpc) is 3.28. The van der Waals surface area contributed by atoms with Crippen LogP contribution >= 0.6 is 11.3 Å². The number of anilines is 1. The van der Waals surface area contributed by atoms with Crippen molar-refractivity contribution in [2.45, 2.75) is 6.92 Å². The van der Waals surface area contributed by atoms with Gasteiger partial charge in [-0.1, -0.05) is 36.4 Å². The van der Waals surface area contributed by atoms with E-state index in [2.05, 4.69) is 5.32 Å². The highest BCUT2D eigenvalue weighted by Crippen LogP contribution is 2.20. The zero-order valence-electron chi connectivity index (χ0n) is 15.8. The Balaban J connectivity index is 1.73. The summed E-state index contributed by atoms with van der Waals surface area (Å²) in [4.78, 5) is 37.4. The fraction of sp³-hybridized carbons (Fsp3) is 0.0870. The first-order valence-electron chi connectivity index (χ1n) is 9.02. The minimum absolute atomic E-state index is 0.176. The van der Waals surface area contributed by atoms with Crippen LogP contribution in [0.2, 0.25) is 0 Å². The first-order valence-corrected chi connectivity index (χ1v) is 9.90. The minimum Gasteiger partial charge on any atom is -0.463 e. The van der Waals surface area contributed by atoms with Crippen molar-refractivity contribution in [2.24, 2.45) is 0 Å². The molecule has 1 N–H and O–H groups in total. The van der Waals surface area contributed by atoms with Crippen LogP contribution in [0.4, 0.5) is 5.69 Å². The molecular weight excluding hydrogens is 386 g/mol. The van der Waals surface area contributed by atoms with Gasteiger partial charge in [0.25, 0.3) is 5.91 Å². The van der Waals surface area contributed by atoms with Gasteiger partial charge in [0, 0.05) is 17.3 Å². The lowest BCUT2D eigenvalue weighted by atomic mass is 10.0. The van der Waals surface area contributed by atoms with Crippen molar-refractivity contribution in [2.75, 3.05) is 11.9 Å². The number of carbonyl (C=O) groups excluding carboxylic acids is 3. The number of carbonyl (C=O) groups is 3. The van der Waals surface area contributed by atoms with Gasteiger partial charge in [-0.3, -0.25) is 9.59 Å². The monoisotopic (exact) mass is 405 g/mol. The molecular formula is C23H19NO4S. The van der Waals surface area contributed by atoms with E-state index in [0.717, 1.165) is 5.56 Å². The van der Waals surface area contributed by atoms with Gasteiger partial charge in [-0.05, 0) is 48.2 Å². The summed E-state index contributed by atoms with van der Waals surface area (Å²) in [5.41, 5.74) is 2.06. The predicted octanol–water partition coefficient (Wildman–Crippen LogP) is 4.81. The maximum Gasteiger partial charge on any atom is 0.330 e. The summed E-state index contributed by atoms with van der Waals surface area (Å²) in [5.74, 6) is -0.942. The van der Waals surface area contributed by atoms with Crippen LogP contribution in [0.25, 0.3) is 6.08 Å². The van der Waals surface area contributed by atoms with Crippen molar-refractivity contribution in [1.82, 2.24) is 0 Å². The van der Waals surface area contributed by atoms with Crippen LogP contribution in [0, 0.1) is 0 Å². The van der Waals surface area contributed by atoms with Gasteiger partial charge in [0.2, 0.25) is 5.78 Å². The van der Waals surface area contributed by atoms with Gasteiger partial charge in [-0.15, -0.1) is 11.3 Å². The molecule has 6 heteroatoms. The summed E-state index contributed by atoms with van der Waals surface area (Å²) in [7, 11) is 0. The van der Waals surface area contributed by atoms with E-state index in [1.165, 1.54) is 17.4 Å². The van der Waals surface area contributed by atoms with Crippen LogP contribution in [-0.2, 0) is 9.53 Å². The number of nitrogens with one attached hydrogen (secondary N) is 1. The van der Waals surface area contributed by atoms with Crippen molar-refractivity contribution in [3.63, 3.8) is 0 Å². The topological polar surface area (TPSA) is 72.5 Å². The number of ketones is 1. The van der Waals surface area contributed by atoms with Crippen LogP contribution < -0.4 is 5.32 Å². The second-order valence-electron chi connectivity index (χ2n) is 6.01. The Labute approximate surface area is 172 Å². The molecule has 1 aromatic heterocycles. The van der Waals surface area contributed by atoms with E-state index in [4.69, 9.17) is 4.74 Å². The van der Waals surface area contributed by atoms with Crippen LogP contribution in [0.1, 0.15) is 38.1 Å². The highest BCUT2D eigenvalue weighted by atomic mass is 32.1. The van der Waals surface area contributed by atoms with Gasteiger partial charge in [0.05, 0.1) is 17.0 Å². The third-order valence-corrected chi connectivity index (χ3v) is 4.90. The third-order valence-electron chi connectivity index (χ3n) is 4.03. The molecule has 0 fully saturated rings. The fourth-order valence-corrected chi connectivity index (χ4v) is 3.33. The molecule has 5 nitrogen and oxygen atoms in total. The van der Waals surface area contributed by atoms with Crippen LogP contribution in [0.3, 0.4) is 0 Å². The summed E-state index contributed by atoms with van der Waals surface area (Å²) < 4.78 is 4.84. The van der Waals surface area contributed by atoms with Gasteiger partial charge in [-0.25, -0.2) is 4.79 Å². The zero-order valence-corrected chi connectivity index (χ0v) is 16.6. The number of ether oxygens (including phenoxy) is 1. The Kier molecular flexibility index (Phi) is 6.71. The van der Waals surface area contributed by atoms with Crippen LogP contribution in [0.15, 0.2) is 72.1 Å². The van der Waals surface area contributed by atoms with Crippen molar-refractivity contribution in [1.29, 1.82) is 0 Å². The van der Waals surface area contributed by atoms with Crippen molar-refractivity contribution < 1.29 is 19.1 Å². The zero-order chi connectivity index (χ0) is 20.6. The lowest BCUT2D eigenvalue weighted by molar-refractivity contribution is -0.137. The van der Waals surface area contributed by atoms with E-state index in [1.54, 1.807) is 73.7 Å². The lowest BCUT2D eigenvalue weighted by Crippen LogP contribution is -2.16. The molecule has 0 spiro atoms. The molecule has 0 atom stereocenters. The highest BCUT2D eigenvalue weighted by molar-refractivity contribution is 7.12. The first kappa shape index (κ1) is 20.2. The smallest absolute Gasteiger partial charge is 0.330 e. The Morgan fingerprint density at radius 3 is 2.34 bits per heavy atom. The van der Waals surface area contributed by atoms with Crippen LogP contribution in [-0.4, -0.2) is 24.3 Å².